The van der Waals surface area contributed by atoms with Gasteiger partial charge in [0.05, 0.1) is 11.4 Å². The predicted octanol–water partition coefficient (Wildman–Crippen LogP) is 20.7. The fraction of sp³-hybridized carbons (Fsp3) is 0.167. The predicted molar refractivity (Wildman–Crippen MR) is 320 cm³/mol. The van der Waals surface area contributed by atoms with Crippen molar-refractivity contribution in [2.24, 2.45) is 0 Å². The number of hydrogen-bond acceptors (Lipinski definition) is 2. The Balaban J connectivity index is 1.10. The summed E-state index contributed by atoms with van der Waals surface area (Å²) >= 11 is 0. The van der Waals surface area contributed by atoms with Gasteiger partial charge in [-0.15, -0.1) is 0 Å². The molecule has 0 aliphatic heterocycles. The van der Waals surface area contributed by atoms with Gasteiger partial charge in [0.2, 0.25) is 0 Å². The average Bonchev–Trinajstić information content (AvgIpc) is 3.42. The van der Waals surface area contributed by atoms with E-state index in [1.54, 1.807) is 0 Å². The maximum Gasteiger partial charge on any atom is 0.0525 e. The molecule has 2 nitrogen and oxygen atoms in total. The van der Waals surface area contributed by atoms with Gasteiger partial charge in [-0.25, -0.2) is 0 Å². The highest BCUT2D eigenvalue weighted by Gasteiger charge is 2.28. The minimum absolute atomic E-state index is 1.13. The maximum atomic E-state index is 2.48. The highest BCUT2D eigenvalue weighted by Crippen LogP contribution is 2.50. The fourth-order valence-corrected chi connectivity index (χ4v) is 11.0. The van der Waals surface area contributed by atoms with E-state index in [0.717, 1.165) is 22.7 Å². The topological polar surface area (TPSA) is 6.48 Å². The number of anilines is 6. The second-order valence-electron chi connectivity index (χ2n) is 20.8. The van der Waals surface area contributed by atoms with E-state index in [-0.39, 0.29) is 0 Å². The molecule has 0 heterocycles. The Bertz CT molecular complexity index is 3150. The molecule has 0 aliphatic carbocycles. The molecule has 0 saturated heterocycles. The van der Waals surface area contributed by atoms with Gasteiger partial charge in [0.1, 0.15) is 0 Å². The van der Waals surface area contributed by atoms with Crippen molar-refractivity contribution in [2.45, 2.75) is 83.1 Å². The first-order chi connectivity index (χ1) is 35.7. The van der Waals surface area contributed by atoms with Crippen LogP contribution in [0.5, 0.6) is 0 Å². The van der Waals surface area contributed by atoms with Gasteiger partial charge in [-0.2, -0.15) is 0 Å². The molecule has 10 aromatic carbocycles. The number of benzene rings is 10. The van der Waals surface area contributed by atoms with Crippen LogP contribution in [0, 0.1) is 83.1 Å². The normalized spacial score (nSPS) is 11.2. The van der Waals surface area contributed by atoms with Gasteiger partial charge in [-0.3, -0.25) is 0 Å². The van der Waals surface area contributed by atoms with Crippen LogP contribution in [0.2, 0.25) is 0 Å². The molecule has 0 atom stereocenters. The Morgan fingerprint density at radius 2 is 0.324 bits per heavy atom. The summed E-state index contributed by atoms with van der Waals surface area (Å²) in [4.78, 5) is 4.97. The second-order valence-corrected chi connectivity index (χ2v) is 20.8. The summed E-state index contributed by atoms with van der Waals surface area (Å²) in [5, 5.41) is 0. The summed E-state index contributed by atoms with van der Waals surface area (Å²) < 4.78 is 0. The molecule has 0 aromatic heterocycles. The summed E-state index contributed by atoms with van der Waals surface area (Å²) in [5.41, 5.74) is 34.7. The lowest BCUT2D eigenvalue weighted by Gasteiger charge is -2.34. The molecule has 0 radical (unpaired) electrons. The summed E-state index contributed by atoms with van der Waals surface area (Å²) in [6.07, 6.45) is 0. The lowest BCUT2D eigenvalue weighted by Crippen LogP contribution is -2.16. The van der Waals surface area contributed by atoms with Crippen molar-refractivity contribution < 1.29 is 0 Å². The monoisotopic (exact) mass is 961 g/mol. The molecule has 0 bridgehead atoms. The van der Waals surface area contributed by atoms with Crippen LogP contribution in [0.4, 0.5) is 34.1 Å². The highest BCUT2D eigenvalue weighted by atomic mass is 15.2. The Labute approximate surface area is 441 Å². The molecule has 74 heavy (non-hydrogen) atoms. The molecule has 0 fully saturated rings. The van der Waals surface area contributed by atoms with Crippen molar-refractivity contribution in [3.8, 4) is 55.6 Å². The Morgan fingerprint density at radius 3 is 0.486 bits per heavy atom. The summed E-state index contributed by atoms with van der Waals surface area (Å²) in [5.74, 6) is 0. The molecule has 0 amide bonds. The first kappa shape index (κ1) is 49.4. The molecule has 10 rings (SSSR count). The van der Waals surface area contributed by atoms with Gasteiger partial charge in [0.15, 0.2) is 0 Å². The van der Waals surface area contributed by atoms with Crippen molar-refractivity contribution in [2.75, 3.05) is 9.80 Å². The summed E-state index contributed by atoms with van der Waals surface area (Å²) in [7, 11) is 0. The van der Waals surface area contributed by atoms with Gasteiger partial charge in [0, 0.05) is 22.7 Å². The van der Waals surface area contributed by atoms with E-state index in [9.17, 15) is 0 Å². The van der Waals surface area contributed by atoms with Crippen molar-refractivity contribution >= 4 is 34.1 Å². The third-order valence-electron chi connectivity index (χ3n) is 15.9. The average molecular weight is 961 g/mol. The van der Waals surface area contributed by atoms with Crippen LogP contribution in [0.25, 0.3) is 55.6 Å². The van der Waals surface area contributed by atoms with Gasteiger partial charge >= 0.3 is 0 Å². The minimum atomic E-state index is 1.13. The SMILES string of the molecule is Cc1ccc(-c2ccc(N(c3ccc(-c4ccc(C)cc4)cc3)c3c(C)c(C)c(-c4c(C)c(C)c(N(c5ccc(-c6ccc(C)cc6)cc5)c5ccc(-c6ccc(C)cc6)cc5)c(C)c4C)c(C)c3C)cc2)cc1. The molecule has 366 valence electrons. The number of aryl methyl sites for hydroxylation is 4. The molecular formula is C72H68N2. The van der Waals surface area contributed by atoms with Crippen molar-refractivity contribution in [1.29, 1.82) is 0 Å². The molecule has 0 aliphatic rings. The van der Waals surface area contributed by atoms with Crippen LogP contribution in [-0.4, -0.2) is 0 Å². The lowest BCUT2D eigenvalue weighted by molar-refractivity contribution is 1.14. The van der Waals surface area contributed by atoms with E-state index in [1.165, 1.54) is 134 Å². The molecular weight excluding hydrogens is 893 g/mol. The third-order valence-corrected chi connectivity index (χ3v) is 15.9. The zero-order valence-electron chi connectivity index (χ0n) is 45.4. The zero-order valence-corrected chi connectivity index (χ0v) is 45.4. The van der Waals surface area contributed by atoms with Crippen LogP contribution >= 0.6 is 0 Å². The quantitative estimate of drug-likeness (QED) is 0.127. The molecule has 0 spiro atoms. The van der Waals surface area contributed by atoms with Crippen molar-refractivity contribution in [3.05, 3.63) is 261 Å². The Morgan fingerprint density at radius 1 is 0.176 bits per heavy atom. The standard InChI is InChI=1S/C72H68N2/c1-45-13-21-57(22-14-45)61-29-37-65(38-30-61)73(66-39-31-62(32-40-66)58-23-15-46(2)16-24-58)71-53(9)49(5)69(50(6)54(71)10)70-51(7)55(11)72(56(12)52(70)8)74(67-41-33-63(34-42-67)59-25-17-47(3)18-26-59)68-43-35-64(36-44-68)60-27-19-48(4)20-28-60/h13-44H,1-12H3. The van der Waals surface area contributed by atoms with Crippen LogP contribution in [0.1, 0.15) is 66.8 Å². The number of hydrogen-bond donors (Lipinski definition) is 0. The highest BCUT2D eigenvalue weighted by molar-refractivity contribution is 5.93. The van der Waals surface area contributed by atoms with Gasteiger partial charge < -0.3 is 9.80 Å². The van der Waals surface area contributed by atoms with Crippen LogP contribution < -0.4 is 9.80 Å². The smallest absolute Gasteiger partial charge is 0.0525 e. The van der Waals surface area contributed by atoms with Gasteiger partial charge in [0.25, 0.3) is 0 Å². The molecule has 0 N–H and O–H groups in total. The van der Waals surface area contributed by atoms with E-state index >= 15 is 0 Å². The van der Waals surface area contributed by atoms with Crippen molar-refractivity contribution in [1.82, 2.24) is 0 Å². The van der Waals surface area contributed by atoms with E-state index in [4.69, 9.17) is 0 Å². The van der Waals surface area contributed by atoms with E-state index in [2.05, 4.69) is 287 Å². The summed E-state index contributed by atoms with van der Waals surface area (Å²) in [6, 6.07) is 71.8. The Hall–Kier alpha value is -8.20. The first-order valence-corrected chi connectivity index (χ1v) is 26.2. The van der Waals surface area contributed by atoms with E-state index in [1.807, 2.05) is 0 Å². The second kappa shape index (κ2) is 20.4. The van der Waals surface area contributed by atoms with Crippen LogP contribution in [0.3, 0.4) is 0 Å². The molecule has 2 heteroatoms. The molecule has 10 aromatic rings. The largest absolute Gasteiger partial charge is 0.310 e. The summed E-state index contributed by atoms with van der Waals surface area (Å²) in [6.45, 7) is 27.3. The molecule has 0 saturated carbocycles. The first-order valence-electron chi connectivity index (χ1n) is 26.2. The van der Waals surface area contributed by atoms with Gasteiger partial charge in [-0.05, 0) is 232 Å². The Kier molecular flexibility index (Phi) is 13.6. The number of nitrogens with zero attached hydrogens (tertiary/aromatic N) is 2. The van der Waals surface area contributed by atoms with E-state index in [0.29, 0.717) is 0 Å². The van der Waals surface area contributed by atoms with Crippen molar-refractivity contribution in [3.63, 3.8) is 0 Å². The lowest BCUT2D eigenvalue weighted by atomic mass is 9.81. The third kappa shape index (κ3) is 9.38. The molecule has 0 unspecified atom stereocenters. The zero-order chi connectivity index (χ0) is 51.9. The van der Waals surface area contributed by atoms with Crippen LogP contribution in [-0.2, 0) is 0 Å². The maximum absolute atomic E-state index is 2.48. The van der Waals surface area contributed by atoms with Crippen LogP contribution in [0.15, 0.2) is 194 Å². The van der Waals surface area contributed by atoms with Gasteiger partial charge in [-0.1, -0.05) is 168 Å². The fourth-order valence-electron chi connectivity index (χ4n) is 11.0. The van der Waals surface area contributed by atoms with E-state index < -0.39 is 0 Å². The number of rotatable bonds is 11. The minimum Gasteiger partial charge on any atom is -0.310 e.